The molecule has 0 amide bonds. The van der Waals surface area contributed by atoms with Crippen LogP contribution in [0.3, 0.4) is 0 Å². The Kier molecular flexibility index (Phi) is 6.38. The monoisotopic (exact) mass is 327 g/mol. The summed E-state index contributed by atoms with van der Waals surface area (Å²) in [6, 6.07) is 0. The number of aromatic nitrogens is 1. The van der Waals surface area contributed by atoms with Gasteiger partial charge in [-0.3, -0.25) is 0 Å². The molecular weight excluding hydrogens is 298 g/mol. The molecule has 1 N–H and O–H groups in total. The van der Waals surface area contributed by atoms with Gasteiger partial charge in [-0.1, -0.05) is 13.3 Å². The molecule has 0 spiro atoms. The predicted octanol–water partition coefficient (Wildman–Crippen LogP) is 3.93. The third-order valence-electron chi connectivity index (χ3n) is 3.53. The molecule has 1 fully saturated rings. The standard InChI is InChI=1S/C16H29N3S2/c1-5-7-13-14(12-17-16(2,3)4)21-15(18-13)19-8-6-10-20-11-9-19/h17H,5-12H2,1-4H3. The van der Waals surface area contributed by atoms with Crippen molar-refractivity contribution in [3.63, 3.8) is 0 Å². The molecule has 0 aliphatic carbocycles. The fraction of sp³-hybridized carbons (Fsp3) is 0.812. The minimum atomic E-state index is 0.160. The predicted molar refractivity (Wildman–Crippen MR) is 96.9 cm³/mol. The third kappa shape index (κ3) is 5.46. The highest BCUT2D eigenvalue weighted by atomic mass is 32.2. The molecule has 0 bridgehead atoms. The number of nitrogens with one attached hydrogen (secondary N) is 1. The van der Waals surface area contributed by atoms with Crippen LogP contribution in [0.1, 0.15) is 51.1 Å². The van der Waals surface area contributed by atoms with Gasteiger partial charge in [0, 0.05) is 35.8 Å². The fourth-order valence-corrected chi connectivity index (χ4v) is 4.34. The number of hydrogen-bond donors (Lipinski definition) is 1. The van der Waals surface area contributed by atoms with E-state index < -0.39 is 0 Å². The van der Waals surface area contributed by atoms with E-state index >= 15 is 0 Å². The maximum absolute atomic E-state index is 4.96. The molecule has 1 aromatic heterocycles. The Balaban J connectivity index is 2.11. The Morgan fingerprint density at radius 1 is 1.24 bits per heavy atom. The first kappa shape index (κ1) is 17.1. The number of rotatable bonds is 5. The number of thioether (sulfide) groups is 1. The number of hydrogen-bond acceptors (Lipinski definition) is 5. The van der Waals surface area contributed by atoms with Crippen molar-refractivity contribution in [1.29, 1.82) is 0 Å². The lowest BCUT2D eigenvalue weighted by atomic mass is 10.1. The SMILES string of the molecule is CCCc1nc(N2CCCSCC2)sc1CNC(C)(C)C. The lowest BCUT2D eigenvalue weighted by Crippen LogP contribution is -2.35. The van der Waals surface area contributed by atoms with Crippen molar-refractivity contribution in [2.24, 2.45) is 0 Å². The van der Waals surface area contributed by atoms with Crippen LogP contribution in [0.15, 0.2) is 0 Å². The van der Waals surface area contributed by atoms with Gasteiger partial charge in [0.1, 0.15) is 0 Å². The summed E-state index contributed by atoms with van der Waals surface area (Å²) in [6.07, 6.45) is 3.55. The highest BCUT2D eigenvalue weighted by molar-refractivity contribution is 7.99. The summed E-state index contributed by atoms with van der Waals surface area (Å²) in [6.45, 7) is 12.2. The van der Waals surface area contributed by atoms with Crippen LogP contribution < -0.4 is 10.2 Å². The molecule has 0 saturated carbocycles. The molecule has 2 rings (SSSR count). The molecule has 0 unspecified atom stereocenters. The van der Waals surface area contributed by atoms with Gasteiger partial charge in [0.05, 0.1) is 5.69 Å². The Hall–Kier alpha value is -0.260. The molecule has 2 heterocycles. The second-order valence-electron chi connectivity index (χ2n) is 6.67. The summed E-state index contributed by atoms with van der Waals surface area (Å²) in [5.41, 5.74) is 1.47. The van der Waals surface area contributed by atoms with E-state index in [1.54, 1.807) is 0 Å². The molecule has 1 aromatic rings. The Bertz CT molecular complexity index is 429. The Labute approximate surface area is 137 Å². The van der Waals surface area contributed by atoms with E-state index in [9.17, 15) is 0 Å². The van der Waals surface area contributed by atoms with Gasteiger partial charge in [-0.25, -0.2) is 4.98 Å². The van der Waals surface area contributed by atoms with Gasteiger partial charge in [-0.05, 0) is 39.4 Å². The second-order valence-corrected chi connectivity index (χ2v) is 8.96. The second kappa shape index (κ2) is 7.84. The van der Waals surface area contributed by atoms with E-state index in [0.29, 0.717) is 0 Å². The number of nitrogens with zero attached hydrogens (tertiary/aromatic N) is 2. The van der Waals surface area contributed by atoms with E-state index in [-0.39, 0.29) is 5.54 Å². The van der Waals surface area contributed by atoms with Crippen LogP contribution in [0, 0.1) is 0 Å². The van der Waals surface area contributed by atoms with Gasteiger partial charge in [0.15, 0.2) is 5.13 Å². The average Bonchev–Trinajstić information content (AvgIpc) is 2.63. The highest BCUT2D eigenvalue weighted by Gasteiger charge is 2.18. The van der Waals surface area contributed by atoms with E-state index in [2.05, 4.69) is 49.7 Å². The molecule has 21 heavy (non-hydrogen) atoms. The van der Waals surface area contributed by atoms with Gasteiger partial charge in [0.2, 0.25) is 0 Å². The summed E-state index contributed by atoms with van der Waals surface area (Å²) < 4.78 is 0. The van der Waals surface area contributed by atoms with Crippen molar-refractivity contribution in [2.75, 3.05) is 29.5 Å². The van der Waals surface area contributed by atoms with Gasteiger partial charge in [-0.15, -0.1) is 11.3 Å². The van der Waals surface area contributed by atoms with Crippen LogP contribution in [0.5, 0.6) is 0 Å². The van der Waals surface area contributed by atoms with Gasteiger partial charge >= 0.3 is 0 Å². The topological polar surface area (TPSA) is 28.2 Å². The quantitative estimate of drug-likeness (QED) is 0.887. The lowest BCUT2D eigenvalue weighted by molar-refractivity contribution is 0.425. The van der Waals surface area contributed by atoms with Crippen LogP contribution in [0.25, 0.3) is 0 Å². The molecule has 5 heteroatoms. The molecule has 1 aliphatic rings. The van der Waals surface area contributed by atoms with Gasteiger partial charge in [-0.2, -0.15) is 11.8 Å². The smallest absolute Gasteiger partial charge is 0.185 e. The summed E-state index contributed by atoms with van der Waals surface area (Å²) >= 11 is 3.97. The Morgan fingerprint density at radius 2 is 2.05 bits per heavy atom. The summed E-state index contributed by atoms with van der Waals surface area (Å²) in [7, 11) is 0. The van der Waals surface area contributed by atoms with Crippen LogP contribution in [-0.2, 0) is 13.0 Å². The van der Waals surface area contributed by atoms with E-state index in [0.717, 1.165) is 26.1 Å². The largest absolute Gasteiger partial charge is 0.347 e. The first-order chi connectivity index (χ1) is 9.99. The van der Waals surface area contributed by atoms with Crippen molar-refractivity contribution in [2.45, 2.75) is 59.0 Å². The minimum absolute atomic E-state index is 0.160. The zero-order valence-electron chi connectivity index (χ0n) is 13.9. The first-order valence-corrected chi connectivity index (χ1v) is 10.0. The zero-order chi connectivity index (χ0) is 15.3. The zero-order valence-corrected chi connectivity index (χ0v) is 15.5. The van der Waals surface area contributed by atoms with Crippen molar-refractivity contribution < 1.29 is 0 Å². The molecular formula is C16H29N3S2. The molecule has 1 aliphatic heterocycles. The molecule has 0 aromatic carbocycles. The van der Waals surface area contributed by atoms with Crippen LogP contribution >= 0.6 is 23.1 Å². The van der Waals surface area contributed by atoms with E-state index in [4.69, 9.17) is 4.98 Å². The number of anilines is 1. The lowest BCUT2D eigenvalue weighted by Gasteiger charge is -2.20. The van der Waals surface area contributed by atoms with Crippen LogP contribution in [-0.4, -0.2) is 35.1 Å². The molecule has 0 radical (unpaired) electrons. The van der Waals surface area contributed by atoms with Gasteiger partial charge in [0.25, 0.3) is 0 Å². The molecule has 1 saturated heterocycles. The molecule has 120 valence electrons. The minimum Gasteiger partial charge on any atom is -0.347 e. The fourth-order valence-electron chi connectivity index (χ4n) is 2.36. The normalized spacial score (nSPS) is 17.0. The number of thiazole rings is 1. The third-order valence-corrected chi connectivity index (χ3v) is 5.73. The average molecular weight is 328 g/mol. The van der Waals surface area contributed by atoms with E-state index in [1.807, 2.05) is 11.3 Å². The van der Waals surface area contributed by atoms with Gasteiger partial charge < -0.3 is 10.2 Å². The van der Waals surface area contributed by atoms with Crippen molar-refractivity contribution >= 4 is 28.2 Å². The maximum atomic E-state index is 4.96. The van der Waals surface area contributed by atoms with Crippen LogP contribution in [0.4, 0.5) is 5.13 Å². The number of aryl methyl sites for hydroxylation is 1. The summed E-state index contributed by atoms with van der Waals surface area (Å²) in [5.74, 6) is 2.53. The molecule has 3 nitrogen and oxygen atoms in total. The van der Waals surface area contributed by atoms with Crippen molar-refractivity contribution in [1.82, 2.24) is 10.3 Å². The maximum Gasteiger partial charge on any atom is 0.185 e. The first-order valence-electron chi connectivity index (χ1n) is 8.06. The van der Waals surface area contributed by atoms with Crippen molar-refractivity contribution in [3.8, 4) is 0 Å². The van der Waals surface area contributed by atoms with E-state index in [1.165, 1.54) is 40.0 Å². The highest BCUT2D eigenvalue weighted by Crippen LogP contribution is 2.29. The summed E-state index contributed by atoms with van der Waals surface area (Å²) in [4.78, 5) is 8.88. The van der Waals surface area contributed by atoms with Crippen molar-refractivity contribution in [3.05, 3.63) is 10.6 Å². The molecule has 0 atom stereocenters. The summed E-state index contributed by atoms with van der Waals surface area (Å²) in [5, 5.41) is 4.86. The van der Waals surface area contributed by atoms with Crippen LogP contribution in [0.2, 0.25) is 0 Å². The Morgan fingerprint density at radius 3 is 2.76 bits per heavy atom.